The summed E-state index contributed by atoms with van der Waals surface area (Å²) < 4.78 is 0. The maximum atomic E-state index is 13.3. The van der Waals surface area contributed by atoms with Crippen molar-refractivity contribution in [2.45, 2.75) is 67.7 Å². The van der Waals surface area contributed by atoms with Gasteiger partial charge in [-0.2, -0.15) is 5.26 Å². The van der Waals surface area contributed by atoms with Crippen molar-refractivity contribution in [3.8, 4) is 6.07 Å². The number of hydrogen-bond acceptors (Lipinski definition) is 3. The lowest BCUT2D eigenvalue weighted by atomic mass is 9.45. The first kappa shape index (κ1) is 21.9. The van der Waals surface area contributed by atoms with Crippen LogP contribution >= 0.6 is 0 Å². The fraction of sp³-hybridized carbons (Fsp3) is 0.533. The lowest BCUT2D eigenvalue weighted by Crippen LogP contribution is -2.65. The van der Waals surface area contributed by atoms with E-state index in [1.165, 1.54) is 24.8 Å². The third kappa shape index (κ3) is 3.75. The lowest BCUT2D eigenvalue weighted by molar-refractivity contribution is -0.129. The summed E-state index contributed by atoms with van der Waals surface area (Å²) in [6.45, 7) is 2.04. The summed E-state index contributed by atoms with van der Waals surface area (Å²) in [5.41, 5.74) is 2.38. The van der Waals surface area contributed by atoms with E-state index >= 15 is 0 Å². The highest BCUT2D eigenvalue weighted by Gasteiger charge is 2.58. The Morgan fingerprint density at radius 2 is 1.50 bits per heavy atom. The van der Waals surface area contributed by atoms with Gasteiger partial charge in [-0.25, -0.2) is 0 Å². The molecule has 2 aromatic carbocycles. The minimum absolute atomic E-state index is 0.0345. The van der Waals surface area contributed by atoms with Crippen LogP contribution in [0.2, 0.25) is 0 Å². The second kappa shape index (κ2) is 8.24. The van der Waals surface area contributed by atoms with Crippen molar-refractivity contribution >= 4 is 5.91 Å². The number of nitriles is 1. The molecule has 5 fully saturated rings. The van der Waals surface area contributed by atoms with Gasteiger partial charge in [0.2, 0.25) is 5.91 Å². The van der Waals surface area contributed by atoms with E-state index in [4.69, 9.17) is 0 Å². The predicted molar refractivity (Wildman–Crippen MR) is 133 cm³/mol. The maximum Gasteiger partial charge on any atom is 0.234 e. The Hall–Kier alpha value is -2.64. The molecule has 4 aliphatic carbocycles. The number of nitrogens with zero attached hydrogens (tertiary/aromatic N) is 2. The summed E-state index contributed by atoms with van der Waals surface area (Å²) in [6, 6.07) is 23.9. The average molecular weight is 454 g/mol. The molecule has 4 heteroatoms. The van der Waals surface area contributed by atoms with Gasteiger partial charge in [0.1, 0.15) is 0 Å². The minimum Gasteiger partial charge on any atom is -0.350 e. The maximum absolute atomic E-state index is 13.3. The van der Waals surface area contributed by atoms with Gasteiger partial charge in [0, 0.05) is 18.6 Å². The van der Waals surface area contributed by atoms with Gasteiger partial charge in [0.05, 0.1) is 18.0 Å². The number of benzene rings is 2. The number of nitrogens with one attached hydrogen (secondary N) is 1. The Balaban J connectivity index is 1.12. The summed E-state index contributed by atoms with van der Waals surface area (Å²) in [6.07, 6.45) is 8.87. The molecule has 2 atom stereocenters. The normalized spacial score (nSPS) is 33.9. The first-order valence-electron chi connectivity index (χ1n) is 13.1. The second-order valence-corrected chi connectivity index (χ2v) is 11.8. The number of rotatable bonds is 5. The Morgan fingerprint density at radius 3 is 2.09 bits per heavy atom. The van der Waals surface area contributed by atoms with E-state index in [9.17, 15) is 10.1 Å². The molecule has 4 nitrogen and oxygen atoms in total. The molecule has 5 aliphatic rings. The van der Waals surface area contributed by atoms with Crippen molar-refractivity contribution in [1.82, 2.24) is 10.2 Å². The van der Waals surface area contributed by atoms with Gasteiger partial charge in [-0.05, 0) is 79.7 Å². The second-order valence-electron chi connectivity index (χ2n) is 11.8. The summed E-state index contributed by atoms with van der Waals surface area (Å²) in [5, 5.41) is 13.6. The van der Waals surface area contributed by atoms with Gasteiger partial charge in [-0.3, -0.25) is 9.69 Å². The van der Waals surface area contributed by atoms with E-state index in [1.54, 1.807) is 0 Å². The number of amides is 1. The molecule has 1 amide bonds. The van der Waals surface area contributed by atoms with E-state index in [1.807, 2.05) is 18.2 Å². The van der Waals surface area contributed by atoms with Crippen molar-refractivity contribution in [2.75, 3.05) is 19.6 Å². The summed E-state index contributed by atoms with van der Waals surface area (Å²) >= 11 is 0. The molecule has 4 saturated carbocycles. The van der Waals surface area contributed by atoms with Gasteiger partial charge in [0.25, 0.3) is 0 Å². The molecule has 0 radical (unpaired) electrons. The molecule has 1 aliphatic heterocycles. The molecule has 2 unspecified atom stereocenters. The molecule has 1 saturated heterocycles. The van der Waals surface area contributed by atoms with Crippen LogP contribution in [0.3, 0.4) is 0 Å². The van der Waals surface area contributed by atoms with E-state index in [2.05, 4.69) is 58.8 Å². The van der Waals surface area contributed by atoms with E-state index in [-0.39, 0.29) is 16.9 Å². The van der Waals surface area contributed by atoms with Gasteiger partial charge >= 0.3 is 0 Å². The fourth-order valence-electron chi connectivity index (χ4n) is 8.39. The van der Waals surface area contributed by atoms with Gasteiger partial charge in [-0.15, -0.1) is 0 Å². The van der Waals surface area contributed by atoms with Crippen LogP contribution in [0.1, 0.15) is 62.5 Å². The van der Waals surface area contributed by atoms with Crippen LogP contribution in [0.15, 0.2) is 60.7 Å². The van der Waals surface area contributed by atoms with Crippen molar-refractivity contribution in [1.29, 1.82) is 5.26 Å². The van der Waals surface area contributed by atoms with Crippen molar-refractivity contribution in [3.63, 3.8) is 0 Å². The first-order valence-corrected chi connectivity index (χ1v) is 13.1. The standard InChI is InChI=1S/C30H35N3O/c31-22-28(25-7-3-1-4-8-25)11-13-33(14-12-28)20-27(34)32-30-18-23-15-24(19-30)17-29(16-23,21-30)26-9-5-2-6-10-26/h1-10,23-24H,11-21H2,(H,32,34). The monoisotopic (exact) mass is 453 g/mol. The predicted octanol–water partition coefficient (Wildman–Crippen LogP) is 4.95. The zero-order valence-electron chi connectivity index (χ0n) is 20.0. The Labute approximate surface area is 203 Å². The molecule has 34 heavy (non-hydrogen) atoms. The summed E-state index contributed by atoms with van der Waals surface area (Å²) in [5.74, 6) is 1.65. The van der Waals surface area contributed by atoms with Crippen molar-refractivity contribution in [3.05, 3.63) is 71.8 Å². The van der Waals surface area contributed by atoms with Crippen LogP contribution in [0, 0.1) is 23.2 Å². The molecule has 4 bridgehead atoms. The average Bonchev–Trinajstić information content (AvgIpc) is 2.84. The molecular weight excluding hydrogens is 418 g/mol. The SMILES string of the molecule is N#CC1(c2ccccc2)CCN(CC(=O)NC23CC4CC(C2)CC(c2ccccc2)(C4)C3)CC1. The Kier molecular flexibility index (Phi) is 5.30. The number of hydrogen-bond donors (Lipinski definition) is 1. The third-order valence-electron chi connectivity index (χ3n) is 9.47. The molecule has 1 heterocycles. The fourth-order valence-corrected chi connectivity index (χ4v) is 8.39. The molecular formula is C30H35N3O. The Bertz CT molecular complexity index is 1070. The summed E-state index contributed by atoms with van der Waals surface area (Å²) in [7, 11) is 0. The van der Waals surface area contributed by atoms with Gasteiger partial charge < -0.3 is 5.32 Å². The van der Waals surface area contributed by atoms with Crippen molar-refractivity contribution in [2.24, 2.45) is 11.8 Å². The van der Waals surface area contributed by atoms with Gasteiger partial charge in [-0.1, -0.05) is 60.7 Å². The highest BCUT2D eigenvalue weighted by molar-refractivity contribution is 5.79. The third-order valence-corrected chi connectivity index (χ3v) is 9.47. The number of likely N-dealkylation sites (tertiary alicyclic amines) is 1. The van der Waals surface area contributed by atoms with E-state index < -0.39 is 5.41 Å². The molecule has 0 spiro atoms. The molecule has 176 valence electrons. The zero-order chi connectivity index (χ0) is 23.2. The summed E-state index contributed by atoms with van der Waals surface area (Å²) in [4.78, 5) is 15.6. The lowest BCUT2D eigenvalue weighted by Gasteiger charge is -2.62. The molecule has 7 rings (SSSR count). The number of piperidine rings is 1. The van der Waals surface area contributed by atoms with Crippen LogP contribution in [0.25, 0.3) is 0 Å². The molecule has 0 aromatic heterocycles. The highest BCUT2D eigenvalue weighted by Crippen LogP contribution is 2.62. The Morgan fingerprint density at radius 1 is 0.912 bits per heavy atom. The largest absolute Gasteiger partial charge is 0.350 e. The van der Waals surface area contributed by atoms with Crippen LogP contribution in [0.4, 0.5) is 0 Å². The minimum atomic E-state index is -0.420. The first-order chi connectivity index (χ1) is 16.5. The van der Waals surface area contributed by atoms with E-state index in [0.29, 0.717) is 6.54 Å². The molecule has 2 aromatic rings. The quantitative estimate of drug-likeness (QED) is 0.697. The number of carbonyl (C=O) groups excluding carboxylic acids is 1. The zero-order valence-corrected chi connectivity index (χ0v) is 20.0. The van der Waals surface area contributed by atoms with Crippen LogP contribution in [0.5, 0.6) is 0 Å². The van der Waals surface area contributed by atoms with Crippen LogP contribution in [-0.4, -0.2) is 36.0 Å². The number of carbonyl (C=O) groups is 1. The van der Waals surface area contributed by atoms with Gasteiger partial charge in [0.15, 0.2) is 0 Å². The topological polar surface area (TPSA) is 56.1 Å². The van der Waals surface area contributed by atoms with E-state index in [0.717, 1.165) is 62.6 Å². The molecule has 1 N–H and O–H groups in total. The van der Waals surface area contributed by atoms with Crippen molar-refractivity contribution < 1.29 is 4.79 Å². The highest BCUT2D eigenvalue weighted by atomic mass is 16.2. The van der Waals surface area contributed by atoms with Crippen LogP contribution < -0.4 is 5.32 Å². The smallest absolute Gasteiger partial charge is 0.234 e. The van der Waals surface area contributed by atoms with Crippen LogP contribution in [-0.2, 0) is 15.6 Å².